The molecule has 2 aliphatic heterocycles. The number of benzene rings is 1. The van der Waals surface area contributed by atoms with Crippen LogP contribution in [0.2, 0.25) is 0 Å². The number of nitrogens with one attached hydrogen (secondary N) is 1. The fourth-order valence-electron chi connectivity index (χ4n) is 1.94. The molecule has 1 atom stereocenters. The SMILES string of the molecule is O=C1c2ccccc2NC12CC=CS2. The molecule has 2 heterocycles. The summed E-state index contributed by atoms with van der Waals surface area (Å²) in [5.41, 5.74) is 1.79. The monoisotopic (exact) mass is 203 g/mol. The molecular formula is C11H9NOS. The first-order valence-corrected chi connectivity index (χ1v) is 5.45. The molecule has 1 aromatic carbocycles. The smallest absolute Gasteiger partial charge is 0.201 e. The lowest BCUT2D eigenvalue weighted by Crippen LogP contribution is -2.34. The minimum atomic E-state index is -0.427. The summed E-state index contributed by atoms with van der Waals surface area (Å²) in [6, 6.07) is 7.70. The largest absolute Gasteiger partial charge is 0.363 e. The molecule has 2 nitrogen and oxygen atoms in total. The van der Waals surface area contributed by atoms with Crippen LogP contribution in [0.5, 0.6) is 0 Å². The molecule has 3 rings (SSSR count). The average molecular weight is 203 g/mol. The molecule has 2 aliphatic rings. The van der Waals surface area contributed by atoms with Crippen LogP contribution in [-0.2, 0) is 0 Å². The highest BCUT2D eigenvalue weighted by Gasteiger charge is 2.46. The normalized spacial score (nSPS) is 28.1. The van der Waals surface area contributed by atoms with E-state index in [1.165, 1.54) is 0 Å². The second-order valence-electron chi connectivity index (χ2n) is 3.52. The van der Waals surface area contributed by atoms with Gasteiger partial charge in [0.1, 0.15) is 0 Å². The quantitative estimate of drug-likeness (QED) is 0.702. The van der Waals surface area contributed by atoms with Crippen molar-refractivity contribution < 1.29 is 4.79 Å². The minimum absolute atomic E-state index is 0.211. The predicted molar refractivity (Wildman–Crippen MR) is 58.5 cm³/mol. The van der Waals surface area contributed by atoms with Crippen LogP contribution in [0, 0.1) is 0 Å². The number of carbonyl (C=O) groups is 1. The van der Waals surface area contributed by atoms with Crippen molar-refractivity contribution in [1.82, 2.24) is 0 Å². The molecule has 0 bridgehead atoms. The lowest BCUT2D eigenvalue weighted by molar-refractivity contribution is 0.0967. The van der Waals surface area contributed by atoms with Crippen LogP contribution in [0.15, 0.2) is 35.7 Å². The van der Waals surface area contributed by atoms with Crippen LogP contribution in [0.25, 0.3) is 0 Å². The van der Waals surface area contributed by atoms with E-state index < -0.39 is 4.87 Å². The zero-order chi connectivity index (χ0) is 9.60. The Morgan fingerprint density at radius 3 is 2.93 bits per heavy atom. The number of anilines is 1. The van der Waals surface area contributed by atoms with Crippen LogP contribution in [0.4, 0.5) is 5.69 Å². The number of fused-ring (bicyclic) bond motifs is 1. The molecule has 1 N–H and O–H groups in total. The van der Waals surface area contributed by atoms with E-state index in [1.807, 2.05) is 35.7 Å². The molecule has 0 saturated heterocycles. The number of rotatable bonds is 0. The zero-order valence-corrected chi connectivity index (χ0v) is 8.30. The number of carbonyl (C=O) groups excluding carboxylic acids is 1. The van der Waals surface area contributed by atoms with E-state index >= 15 is 0 Å². The van der Waals surface area contributed by atoms with Gasteiger partial charge in [0.25, 0.3) is 0 Å². The van der Waals surface area contributed by atoms with Gasteiger partial charge in [0.15, 0.2) is 4.87 Å². The molecule has 70 valence electrons. The van der Waals surface area contributed by atoms with Crippen molar-refractivity contribution in [2.45, 2.75) is 11.3 Å². The highest BCUT2D eigenvalue weighted by Crippen LogP contribution is 2.45. The van der Waals surface area contributed by atoms with Gasteiger partial charge in [0.05, 0.1) is 0 Å². The molecule has 0 saturated carbocycles. The van der Waals surface area contributed by atoms with E-state index in [0.717, 1.165) is 17.7 Å². The molecule has 3 heteroatoms. The third-order valence-electron chi connectivity index (χ3n) is 2.65. The molecular weight excluding hydrogens is 194 g/mol. The van der Waals surface area contributed by atoms with E-state index in [-0.39, 0.29) is 5.78 Å². The summed E-state index contributed by atoms with van der Waals surface area (Å²) in [5, 5.41) is 5.31. The van der Waals surface area contributed by atoms with Gasteiger partial charge in [-0.05, 0) is 17.5 Å². The summed E-state index contributed by atoms with van der Waals surface area (Å²) < 4.78 is 0. The van der Waals surface area contributed by atoms with Gasteiger partial charge in [-0.3, -0.25) is 4.79 Å². The van der Waals surface area contributed by atoms with Gasteiger partial charge >= 0.3 is 0 Å². The number of ketones is 1. The van der Waals surface area contributed by atoms with Crippen LogP contribution in [-0.4, -0.2) is 10.7 Å². The number of hydrogen-bond acceptors (Lipinski definition) is 3. The fourth-order valence-corrected chi connectivity index (χ4v) is 2.94. The Balaban J connectivity index is 2.09. The van der Waals surface area contributed by atoms with Gasteiger partial charge < -0.3 is 5.32 Å². The highest BCUT2D eigenvalue weighted by atomic mass is 32.2. The van der Waals surface area contributed by atoms with Crippen molar-refractivity contribution in [2.75, 3.05) is 5.32 Å². The van der Waals surface area contributed by atoms with Gasteiger partial charge in [-0.25, -0.2) is 0 Å². The second kappa shape index (κ2) is 2.64. The zero-order valence-electron chi connectivity index (χ0n) is 7.49. The summed E-state index contributed by atoms with van der Waals surface area (Å²) in [7, 11) is 0. The maximum Gasteiger partial charge on any atom is 0.201 e. The number of Topliss-reactive ketones (excluding diaryl/α,β-unsaturated/α-hetero) is 1. The molecule has 1 aromatic rings. The summed E-state index contributed by atoms with van der Waals surface area (Å²) >= 11 is 1.58. The van der Waals surface area contributed by atoms with Crippen molar-refractivity contribution in [2.24, 2.45) is 0 Å². The lowest BCUT2D eigenvalue weighted by Gasteiger charge is -2.20. The summed E-state index contributed by atoms with van der Waals surface area (Å²) in [6.45, 7) is 0. The maximum absolute atomic E-state index is 12.1. The first-order valence-electron chi connectivity index (χ1n) is 4.57. The van der Waals surface area contributed by atoms with Crippen molar-refractivity contribution >= 4 is 23.2 Å². The summed E-state index contributed by atoms with van der Waals surface area (Å²) in [4.78, 5) is 11.7. The van der Waals surface area contributed by atoms with Crippen LogP contribution >= 0.6 is 11.8 Å². The Morgan fingerprint density at radius 1 is 1.36 bits per heavy atom. The van der Waals surface area contributed by atoms with E-state index in [0.29, 0.717) is 0 Å². The molecule has 1 spiro atoms. The van der Waals surface area contributed by atoms with Crippen molar-refractivity contribution in [3.05, 3.63) is 41.3 Å². The Kier molecular flexibility index (Phi) is 1.53. The molecule has 0 fully saturated rings. The molecule has 0 radical (unpaired) electrons. The summed E-state index contributed by atoms with van der Waals surface area (Å²) in [5.74, 6) is 0.211. The van der Waals surface area contributed by atoms with Gasteiger partial charge in [-0.2, -0.15) is 0 Å². The highest BCUT2D eigenvalue weighted by molar-refractivity contribution is 8.04. The van der Waals surface area contributed by atoms with E-state index in [4.69, 9.17) is 0 Å². The van der Waals surface area contributed by atoms with E-state index in [2.05, 4.69) is 5.32 Å². The van der Waals surface area contributed by atoms with Crippen LogP contribution in [0.1, 0.15) is 16.8 Å². The third-order valence-corrected chi connectivity index (χ3v) is 3.83. The first-order chi connectivity index (χ1) is 6.82. The van der Waals surface area contributed by atoms with Crippen molar-refractivity contribution in [3.8, 4) is 0 Å². The standard InChI is InChI=1S/C11H9NOS/c13-10-8-4-1-2-5-9(8)12-11(10)6-3-7-14-11/h1-5,7,12H,6H2. The maximum atomic E-state index is 12.1. The van der Waals surface area contributed by atoms with Gasteiger partial charge in [-0.1, -0.05) is 30.0 Å². The van der Waals surface area contributed by atoms with E-state index in [9.17, 15) is 4.79 Å². The number of hydrogen-bond donors (Lipinski definition) is 1. The summed E-state index contributed by atoms with van der Waals surface area (Å²) in [6.07, 6.45) is 2.83. The lowest BCUT2D eigenvalue weighted by atomic mass is 10.1. The van der Waals surface area contributed by atoms with Gasteiger partial charge in [0, 0.05) is 17.7 Å². The molecule has 1 unspecified atom stereocenters. The Morgan fingerprint density at radius 2 is 2.21 bits per heavy atom. The molecule has 0 aromatic heterocycles. The predicted octanol–water partition coefficient (Wildman–Crippen LogP) is 2.64. The Labute approximate surface area is 86.4 Å². The first kappa shape index (κ1) is 8.12. The molecule has 0 aliphatic carbocycles. The van der Waals surface area contributed by atoms with E-state index in [1.54, 1.807) is 11.8 Å². The number of para-hydroxylation sites is 1. The number of thioether (sulfide) groups is 1. The molecule has 0 amide bonds. The van der Waals surface area contributed by atoms with Crippen molar-refractivity contribution in [3.63, 3.8) is 0 Å². The van der Waals surface area contributed by atoms with Crippen LogP contribution in [0.3, 0.4) is 0 Å². The third kappa shape index (κ3) is 0.904. The average Bonchev–Trinajstić information content (AvgIpc) is 2.77. The van der Waals surface area contributed by atoms with Crippen LogP contribution < -0.4 is 5.32 Å². The fraction of sp³-hybridized carbons (Fsp3) is 0.182. The van der Waals surface area contributed by atoms with Crippen molar-refractivity contribution in [1.29, 1.82) is 0 Å². The van der Waals surface area contributed by atoms with Gasteiger partial charge in [-0.15, -0.1) is 0 Å². The topological polar surface area (TPSA) is 29.1 Å². The second-order valence-corrected chi connectivity index (χ2v) is 4.73. The Hall–Kier alpha value is -1.22. The molecule has 14 heavy (non-hydrogen) atoms. The Bertz CT molecular complexity index is 431. The van der Waals surface area contributed by atoms with Gasteiger partial charge in [0.2, 0.25) is 5.78 Å². The minimum Gasteiger partial charge on any atom is -0.363 e.